The highest BCUT2D eigenvalue weighted by Crippen LogP contribution is 2.50. The van der Waals surface area contributed by atoms with Crippen LogP contribution < -0.4 is 17.0 Å². The second-order valence-electron chi connectivity index (χ2n) is 4.47. The van der Waals surface area contributed by atoms with E-state index < -0.39 is 6.98 Å². The molecule has 0 spiro atoms. The number of halogens is 1. The van der Waals surface area contributed by atoms with Crippen LogP contribution in [-0.2, 0) is 4.74 Å². The molecule has 0 aromatic carbocycles. The fourth-order valence-corrected chi connectivity index (χ4v) is 2.97. The Morgan fingerprint density at radius 2 is 1.92 bits per heavy atom. The number of aliphatic hydroxyl groups is 1. The Morgan fingerprint density at radius 3 is 2.38 bits per heavy atom. The maximum absolute atomic E-state index is 9.68. The molecular formula is C9H16BrNO2. The van der Waals surface area contributed by atoms with Crippen molar-refractivity contribution in [3.8, 4) is 0 Å². The molecule has 0 aromatic rings. The van der Waals surface area contributed by atoms with E-state index in [1.165, 1.54) is 0 Å². The number of epoxide rings is 1. The van der Waals surface area contributed by atoms with Crippen LogP contribution in [0.1, 0.15) is 17.0 Å². The third-order valence-electron chi connectivity index (χ3n) is 3.72. The van der Waals surface area contributed by atoms with Crippen LogP contribution >= 0.6 is 0 Å². The van der Waals surface area contributed by atoms with E-state index in [1.807, 2.05) is 0 Å². The summed E-state index contributed by atoms with van der Waals surface area (Å²) in [6, 6.07) is -0.0903. The van der Waals surface area contributed by atoms with Gasteiger partial charge in [0.2, 0.25) is 0 Å². The number of ether oxygens (including phenoxy) is 1. The summed E-state index contributed by atoms with van der Waals surface area (Å²) in [5, 5.41) is 9.68. The molecule has 3 aliphatic rings. The molecule has 13 heavy (non-hydrogen) atoms. The summed E-state index contributed by atoms with van der Waals surface area (Å²) in [5.41, 5.74) is 0. The van der Waals surface area contributed by atoms with Gasteiger partial charge < -0.3 is 31.3 Å². The molecule has 3 fully saturated rings. The van der Waals surface area contributed by atoms with Crippen molar-refractivity contribution in [1.29, 1.82) is 0 Å². The number of hydrogen-bond donors (Lipinski definition) is 1. The molecule has 4 heteroatoms. The van der Waals surface area contributed by atoms with Gasteiger partial charge in [-0.15, -0.1) is 0 Å². The van der Waals surface area contributed by atoms with Crippen molar-refractivity contribution >= 4 is 0 Å². The van der Waals surface area contributed by atoms with Gasteiger partial charge >= 0.3 is 0 Å². The van der Waals surface area contributed by atoms with E-state index in [-0.39, 0.29) is 51.9 Å². The summed E-state index contributed by atoms with van der Waals surface area (Å²) in [6.07, 6.45) is 0.944. The molecular weight excluding hydrogens is 234 g/mol. The van der Waals surface area contributed by atoms with Gasteiger partial charge in [0, 0.05) is 12.8 Å². The van der Waals surface area contributed by atoms with Crippen LogP contribution in [0.2, 0.25) is 0 Å². The summed E-state index contributed by atoms with van der Waals surface area (Å²) in [4.78, 5) is 0. The lowest BCUT2D eigenvalue weighted by molar-refractivity contribution is -0.938. The predicted molar refractivity (Wildman–Crippen MR) is 43.6 cm³/mol. The van der Waals surface area contributed by atoms with Crippen molar-refractivity contribution in [3.63, 3.8) is 0 Å². The van der Waals surface area contributed by atoms with Crippen LogP contribution in [0.15, 0.2) is 0 Å². The van der Waals surface area contributed by atoms with Gasteiger partial charge in [-0.25, -0.2) is 0 Å². The fourth-order valence-electron chi connectivity index (χ4n) is 2.97. The van der Waals surface area contributed by atoms with Crippen molar-refractivity contribution in [2.45, 2.75) is 43.2 Å². The molecule has 0 amide bonds. The van der Waals surface area contributed by atoms with Gasteiger partial charge in [-0.3, -0.25) is 0 Å². The van der Waals surface area contributed by atoms with Gasteiger partial charge in [0.25, 0.3) is 0 Å². The Bertz CT molecular complexity index is 294. The molecule has 3 aliphatic heterocycles. The molecule has 2 unspecified atom stereocenters. The molecule has 76 valence electrons. The van der Waals surface area contributed by atoms with Crippen molar-refractivity contribution in [3.05, 3.63) is 0 Å². The third-order valence-corrected chi connectivity index (χ3v) is 3.72. The number of nitrogens with zero attached hydrogens (tertiary/aromatic N) is 1. The zero-order valence-corrected chi connectivity index (χ0v) is 9.07. The topological polar surface area (TPSA) is 32.8 Å². The van der Waals surface area contributed by atoms with Gasteiger partial charge in [0.15, 0.2) is 0 Å². The molecule has 1 N–H and O–H groups in total. The first-order valence-electron chi connectivity index (χ1n) is 6.05. The molecule has 3 heterocycles. The third kappa shape index (κ3) is 1.12. The average molecular weight is 253 g/mol. The number of piperidine rings is 1. The Hall–Kier alpha value is 0.360. The normalized spacial score (nSPS) is 66.9. The van der Waals surface area contributed by atoms with Crippen LogP contribution in [0, 0.1) is 0 Å². The smallest absolute Gasteiger partial charge is 0.142 e. The highest BCUT2D eigenvalue weighted by molar-refractivity contribution is 5.07. The molecule has 3 nitrogen and oxygen atoms in total. The zero-order chi connectivity index (χ0) is 11.0. The Balaban J connectivity index is 0.000000963. The minimum Gasteiger partial charge on any atom is -1.00 e. The number of likely N-dealkylation sites (N-methyl/N-ethyl adjacent to an activating group) is 1. The van der Waals surface area contributed by atoms with Crippen LogP contribution in [0.25, 0.3) is 0 Å². The van der Waals surface area contributed by atoms with Crippen LogP contribution in [-0.4, -0.2) is 54.0 Å². The van der Waals surface area contributed by atoms with Crippen LogP contribution in [0.3, 0.4) is 0 Å². The van der Waals surface area contributed by atoms with Crippen molar-refractivity contribution in [2.24, 2.45) is 0 Å². The van der Waals surface area contributed by atoms with Crippen molar-refractivity contribution in [2.75, 3.05) is 14.0 Å². The molecule has 0 aliphatic carbocycles. The molecule has 3 rings (SSSR count). The fraction of sp³-hybridized carbons (Fsp3) is 1.00. The number of quaternary nitrogens is 1. The molecule has 0 saturated carbocycles. The lowest BCUT2D eigenvalue weighted by Gasteiger charge is -2.44. The standard InChI is InChI=1S/C9H16NO2.BrH/c1-10(2)6-3-5(11)4-7(10)9-8(6)12-9;/h5-9,11H,3-4H2,1-2H3;1H/q+1;/p-1/t5?,6-,7+,8-,9+;/i1D3;/t5?,6-,7+,8-,9+,10?;. The Labute approximate surface area is 93.2 Å². The molecule has 2 bridgehead atoms. The lowest BCUT2D eigenvalue weighted by atomic mass is 9.97. The average Bonchev–Trinajstić information content (AvgIpc) is 2.81. The maximum Gasteiger partial charge on any atom is 0.142 e. The Morgan fingerprint density at radius 1 is 1.38 bits per heavy atom. The van der Waals surface area contributed by atoms with E-state index in [0.717, 1.165) is 0 Å². The lowest BCUT2D eigenvalue weighted by Crippen LogP contribution is -3.00. The minimum absolute atomic E-state index is 0. The number of fused-ring (bicyclic) bond motifs is 5. The maximum atomic E-state index is 9.68. The van der Waals surface area contributed by atoms with Gasteiger partial charge in [0.05, 0.1) is 24.2 Å². The zero-order valence-electron chi connectivity index (χ0n) is 10.5. The second kappa shape index (κ2) is 2.69. The van der Waals surface area contributed by atoms with Crippen LogP contribution in [0.5, 0.6) is 0 Å². The summed E-state index contributed by atoms with van der Waals surface area (Å²) < 4.78 is 28.6. The van der Waals surface area contributed by atoms with E-state index in [4.69, 9.17) is 8.85 Å². The van der Waals surface area contributed by atoms with Gasteiger partial charge in [-0.05, 0) is 0 Å². The van der Waals surface area contributed by atoms with Gasteiger partial charge in [-0.2, -0.15) is 0 Å². The Kier molecular flexibility index (Phi) is 1.40. The predicted octanol–water partition coefficient (Wildman–Crippen LogP) is -3.26. The SMILES string of the molecule is [2H]C([2H])([2H])[N+]1(C)[C@@H]2CC(O)C[C@H]1[C@@H]1O[C@@H]12.[Br-]. The summed E-state index contributed by atoms with van der Waals surface area (Å²) in [6.45, 7) is -1.99. The number of aliphatic hydroxyl groups excluding tert-OH is 1. The largest absolute Gasteiger partial charge is 1.00 e. The van der Waals surface area contributed by atoms with Gasteiger partial charge in [0.1, 0.15) is 24.3 Å². The van der Waals surface area contributed by atoms with E-state index in [1.54, 1.807) is 7.05 Å². The highest BCUT2D eigenvalue weighted by atomic mass is 79.9. The van der Waals surface area contributed by atoms with Crippen molar-refractivity contribution in [1.82, 2.24) is 0 Å². The van der Waals surface area contributed by atoms with Crippen molar-refractivity contribution < 1.29 is 35.4 Å². The number of morpholine rings is 1. The van der Waals surface area contributed by atoms with E-state index >= 15 is 0 Å². The van der Waals surface area contributed by atoms with E-state index in [9.17, 15) is 5.11 Å². The molecule has 3 saturated heterocycles. The monoisotopic (exact) mass is 252 g/mol. The first-order chi connectivity index (χ1) is 6.85. The quantitative estimate of drug-likeness (QED) is 0.363. The first kappa shape index (κ1) is 6.77. The summed E-state index contributed by atoms with van der Waals surface area (Å²) in [7, 11) is 1.80. The number of hydrogen-bond acceptors (Lipinski definition) is 2. The number of rotatable bonds is 0. The molecule has 0 radical (unpaired) electrons. The van der Waals surface area contributed by atoms with Gasteiger partial charge in [-0.1, -0.05) is 0 Å². The minimum atomic E-state index is -1.99. The summed E-state index contributed by atoms with van der Waals surface area (Å²) in [5.74, 6) is 0. The highest BCUT2D eigenvalue weighted by Gasteiger charge is 2.70. The van der Waals surface area contributed by atoms with E-state index in [2.05, 4.69) is 0 Å². The van der Waals surface area contributed by atoms with Crippen LogP contribution in [0.4, 0.5) is 0 Å². The summed E-state index contributed by atoms with van der Waals surface area (Å²) >= 11 is 0. The molecule has 6 atom stereocenters. The van der Waals surface area contributed by atoms with E-state index in [0.29, 0.717) is 12.8 Å². The molecule has 0 aromatic heterocycles. The second-order valence-corrected chi connectivity index (χ2v) is 4.47. The first-order valence-corrected chi connectivity index (χ1v) is 4.55.